The third kappa shape index (κ3) is 3.53. The topological polar surface area (TPSA) is 84.7 Å². The van der Waals surface area contributed by atoms with E-state index in [2.05, 4.69) is 10.5 Å². The Morgan fingerprint density at radius 2 is 2.04 bits per heavy atom. The quantitative estimate of drug-likeness (QED) is 0.868. The van der Waals surface area contributed by atoms with E-state index in [9.17, 15) is 9.59 Å². The van der Waals surface area contributed by atoms with Crippen molar-refractivity contribution in [1.82, 2.24) is 10.1 Å². The van der Waals surface area contributed by atoms with Crippen molar-refractivity contribution in [3.63, 3.8) is 0 Å². The number of aromatic nitrogens is 1. The first kappa shape index (κ1) is 17.9. The van der Waals surface area contributed by atoms with E-state index in [1.54, 1.807) is 48.0 Å². The maximum Gasteiger partial charge on any atom is 0.277 e. The fraction of sp³-hybridized carbons (Fsp3) is 0.421. The molecule has 1 aliphatic carbocycles. The summed E-state index contributed by atoms with van der Waals surface area (Å²) in [6.07, 6.45) is 3.72. The van der Waals surface area contributed by atoms with E-state index >= 15 is 0 Å². The first-order chi connectivity index (χ1) is 13.2. The molecule has 142 valence electrons. The van der Waals surface area contributed by atoms with Gasteiger partial charge in [-0.15, -0.1) is 11.8 Å². The number of nitrogens with zero attached hydrogens (tertiary/aromatic N) is 2. The highest BCUT2D eigenvalue weighted by molar-refractivity contribution is 7.99. The van der Waals surface area contributed by atoms with E-state index in [-0.39, 0.29) is 11.8 Å². The number of hydrogen-bond acceptors (Lipinski definition) is 6. The van der Waals surface area contributed by atoms with Crippen LogP contribution in [0.3, 0.4) is 0 Å². The van der Waals surface area contributed by atoms with Gasteiger partial charge in [0, 0.05) is 23.4 Å². The summed E-state index contributed by atoms with van der Waals surface area (Å²) in [5.74, 6) is 2.15. The number of amides is 2. The second-order valence-electron chi connectivity index (χ2n) is 6.65. The summed E-state index contributed by atoms with van der Waals surface area (Å²) >= 11 is 1.56. The van der Waals surface area contributed by atoms with Crippen LogP contribution in [0.25, 0.3) is 0 Å². The molecule has 0 bridgehead atoms. The number of hydrogen-bond donors (Lipinski definition) is 1. The monoisotopic (exact) mass is 387 g/mol. The van der Waals surface area contributed by atoms with Gasteiger partial charge in [0.15, 0.2) is 5.69 Å². The highest BCUT2D eigenvalue weighted by atomic mass is 32.2. The van der Waals surface area contributed by atoms with Crippen LogP contribution in [0.4, 0.5) is 5.69 Å². The van der Waals surface area contributed by atoms with E-state index in [1.165, 1.54) is 0 Å². The third-order valence-electron chi connectivity index (χ3n) is 4.96. The van der Waals surface area contributed by atoms with Crippen LogP contribution in [0.15, 0.2) is 28.8 Å². The fourth-order valence-corrected chi connectivity index (χ4v) is 4.60. The van der Waals surface area contributed by atoms with Gasteiger partial charge in [0.1, 0.15) is 17.6 Å². The molecule has 27 heavy (non-hydrogen) atoms. The SMILES string of the molecule is COc1ccc(NC(=O)[C@H]2CSCN2C(=O)c2noc3c2CCCC3)cc1. The Morgan fingerprint density at radius 3 is 2.81 bits per heavy atom. The minimum atomic E-state index is -0.527. The molecule has 2 aliphatic rings. The van der Waals surface area contributed by atoms with Crippen molar-refractivity contribution < 1.29 is 18.8 Å². The molecule has 1 aromatic heterocycles. The molecule has 2 heterocycles. The molecule has 0 radical (unpaired) electrons. The van der Waals surface area contributed by atoms with Gasteiger partial charge in [-0.25, -0.2) is 0 Å². The van der Waals surface area contributed by atoms with Gasteiger partial charge in [0.2, 0.25) is 5.91 Å². The van der Waals surface area contributed by atoms with Crippen LogP contribution in [0.5, 0.6) is 5.75 Å². The summed E-state index contributed by atoms with van der Waals surface area (Å²) in [4.78, 5) is 27.4. The van der Waals surface area contributed by atoms with Crippen molar-refractivity contribution in [3.8, 4) is 5.75 Å². The number of carbonyl (C=O) groups excluding carboxylic acids is 2. The van der Waals surface area contributed by atoms with Crippen LogP contribution in [0.2, 0.25) is 0 Å². The molecule has 4 rings (SSSR count). The molecule has 7 nitrogen and oxygen atoms in total. The molecule has 1 N–H and O–H groups in total. The number of aryl methyl sites for hydroxylation is 1. The minimum absolute atomic E-state index is 0.198. The Hall–Kier alpha value is -2.48. The highest BCUT2D eigenvalue weighted by Gasteiger charge is 2.38. The van der Waals surface area contributed by atoms with Gasteiger partial charge in [0.25, 0.3) is 5.91 Å². The molecule has 1 saturated heterocycles. The first-order valence-corrected chi connectivity index (χ1v) is 10.1. The molecular formula is C19H21N3O4S. The van der Waals surface area contributed by atoms with Crippen molar-refractivity contribution >= 4 is 29.3 Å². The number of ether oxygens (including phenoxy) is 1. The molecule has 1 aliphatic heterocycles. The lowest BCUT2D eigenvalue weighted by Gasteiger charge is -2.22. The minimum Gasteiger partial charge on any atom is -0.497 e. The van der Waals surface area contributed by atoms with Crippen LogP contribution in [-0.4, -0.2) is 46.7 Å². The second kappa shape index (κ2) is 7.64. The lowest BCUT2D eigenvalue weighted by molar-refractivity contribution is -0.119. The third-order valence-corrected chi connectivity index (χ3v) is 5.97. The fourth-order valence-electron chi connectivity index (χ4n) is 3.45. The predicted octanol–water partition coefficient (Wildman–Crippen LogP) is 2.72. The maximum absolute atomic E-state index is 13.0. The van der Waals surface area contributed by atoms with Crippen LogP contribution >= 0.6 is 11.8 Å². The van der Waals surface area contributed by atoms with Gasteiger partial charge in [0.05, 0.1) is 13.0 Å². The lowest BCUT2D eigenvalue weighted by Crippen LogP contribution is -2.44. The van der Waals surface area contributed by atoms with Gasteiger partial charge in [-0.1, -0.05) is 5.16 Å². The Morgan fingerprint density at radius 1 is 1.26 bits per heavy atom. The normalized spacial score (nSPS) is 18.9. The van der Waals surface area contributed by atoms with Gasteiger partial charge in [-0.05, 0) is 43.5 Å². The lowest BCUT2D eigenvalue weighted by atomic mass is 9.96. The number of rotatable bonds is 4. The number of thioether (sulfide) groups is 1. The Balaban J connectivity index is 1.48. The Kier molecular flexibility index (Phi) is 5.07. The predicted molar refractivity (Wildman–Crippen MR) is 102 cm³/mol. The highest BCUT2D eigenvalue weighted by Crippen LogP contribution is 2.29. The summed E-state index contributed by atoms with van der Waals surface area (Å²) in [5, 5.41) is 6.90. The zero-order valence-corrected chi connectivity index (χ0v) is 15.9. The number of anilines is 1. The number of benzene rings is 1. The van der Waals surface area contributed by atoms with Crippen LogP contribution in [0, 0.1) is 0 Å². The van der Waals surface area contributed by atoms with Crippen molar-refractivity contribution in [2.45, 2.75) is 31.7 Å². The van der Waals surface area contributed by atoms with Crippen LogP contribution < -0.4 is 10.1 Å². The van der Waals surface area contributed by atoms with E-state index in [0.717, 1.165) is 42.8 Å². The standard InChI is InChI=1S/C19H21N3O4S/c1-25-13-8-6-12(7-9-13)20-18(23)15-10-27-11-22(15)19(24)17-14-4-2-3-5-16(14)26-21-17/h6-9,15H,2-5,10-11H2,1H3,(H,20,23)/t15-/m1/s1. The zero-order valence-electron chi connectivity index (χ0n) is 15.1. The molecule has 0 saturated carbocycles. The molecule has 2 aromatic rings. The Bertz CT molecular complexity index is 849. The number of methoxy groups -OCH3 is 1. The first-order valence-electron chi connectivity index (χ1n) is 8.98. The molecule has 1 fully saturated rings. The molecule has 0 spiro atoms. The zero-order chi connectivity index (χ0) is 18.8. The summed E-state index contributed by atoms with van der Waals surface area (Å²) in [5.41, 5.74) is 1.95. The van der Waals surface area contributed by atoms with Crippen molar-refractivity contribution in [3.05, 3.63) is 41.3 Å². The molecule has 1 atom stereocenters. The van der Waals surface area contributed by atoms with Crippen LogP contribution in [0.1, 0.15) is 34.7 Å². The average Bonchev–Trinajstić information content (AvgIpc) is 3.35. The Labute approximate surface area is 161 Å². The van der Waals surface area contributed by atoms with Crippen molar-refractivity contribution in [2.24, 2.45) is 0 Å². The molecular weight excluding hydrogens is 366 g/mol. The van der Waals surface area contributed by atoms with Crippen molar-refractivity contribution in [1.29, 1.82) is 0 Å². The van der Waals surface area contributed by atoms with E-state index in [4.69, 9.17) is 9.26 Å². The van der Waals surface area contributed by atoms with Crippen molar-refractivity contribution in [2.75, 3.05) is 24.1 Å². The summed E-state index contributed by atoms with van der Waals surface area (Å²) in [6.45, 7) is 0. The summed E-state index contributed by atoms with van der Waals surface area (Å²) < 4.78 is 10.5. The van der Waals surface area contributed by atoms with E-state index < -0.39 is 6.04 Å². The largest absolute Gasteiger partial charge is 0.497 e. The smallest absolute Gasteiger partial charge is 0.277 e. The second-order valence-corrected chi connectivity index (χ2v) is 7.65. The molecule has 8 heteroatoms. The summed E-state index contributed by atoms with van der Waals surface area (Å²) in [6, 6.07) is 6.59. The molecule has 2 amide bonds. The average molecular weight is 387 g/mol. The van der Waals surface area contributed by atoms with Crippen LogP contribution in [-0.2, 0) is 17.6 Å². The number of fused-ring (bicyclic) bond motifs is 1. The number of carbonyl (C=O) groups is 2. The molecule has 1 aromatic carbocycles. The maximum atomic E-state index is 13.0. The van der Waals surface area contributed by atoms with E-state index in [0.29, 0.717) is 23.0 Å². The van der Waals surface area contributed by atoms with Gasteiger partial charge in [-0.2, -0.15) is 0 Å². The van der Waals surface area contributed by atoms with Gasteiger partial charge < -0.3 is 19.5 Å². The number of nitrogens with one attached hydrogen (secondary N) is 1. The summed E-state index contributed by atoms with van der Waals surface area (Å²) in [7, 11) is 1.59. The molecule has 0 unspecified atom stereocenters. The van der Waals surface area contributed by atoms with E-state index in [1.807, 2.05) is 0 Å². The van der Waals surface area contributed by atoms with Gasteiger partial charge >= 0.3 is 0 Å². The van der Waals surface area contributed by atoms with Gasteiger partial charge in [-0.3, -0.25) is 9.59 Å².